The third-order valence-corrected chi connectivity index (χ3v) is 2.96. The first-order valence-electron chi connectivity index (χ1n) is 5.27. The summed E-state index contributed by atoms with van der Waals surface area (Å²) in [5.74, 6) is 0.926. The van der Waals surface area contributed by atoms with E-state index < -0.39 is 6.10 Å². The Hall–Kier alpha value is -1.87. The number of hydrogen-bond acceptors (Lipinski definition) is 2. The first-order valence-corrected chi connectivity index (χ1v) is 5.27. The lowest BCUT2D eigenvalue weighted by Crippen LogP contribution is -1.98. The maximum atomic E-state index is 9.93. The number of hydrogen-bond donors (Lipinski definition) is 1. The maximum Gasteiger partial charge on any atom is 0.110 e. The van der Waals surface area contributed by atoms with Gasteiger partial charge < -0.3 is 9.67 Å². The van der Waals surface area contributed by atoms with Crippen LogP contribution in [0, 0.1) is 6.92 Å². The summed E-state index contributed by atoms with van der Waals surface area (Å²) in [6.45, 7) is 1.95. The fourth-order valence-electron chi connectivity index (χ4n) is 2.16. The summed E-state index contributed by atoms with van der Waals surface area (Å²) in [5, 5.41) is 9.93. The third kappa shape index (κ3) is 1.22. The molecule has 0 amide bonds. The van der Waals surface area contributed by atoms with Crippen molar-refractivity contribution >= 4 is 5.70 Å². The highest BCUT2D eigenvalue weighted by atomic mass is 16.3. The summed E-state index contributed by atoms with van der Waals surface area (Å²) in [7, 11) is 0. The fourth-order valence-corrected chi connectivity index (χ4v) is 2.16. The van der Waals surface area contributed by atoms with E-state index in [9.17, 15) is 5.11 Å². The summed E-state index contributed by atoms with van der Waals surface area (Å²) in [6, 6.07) is 7.91. The smallest absolute Gasteiger partial charge is 0.110 e. The lowest BCUT2D eigenvalue weighted by molar-refractivity contribution is 0.232. The van der Waals surface area contributed by atoms with Crippen LogP contribution < -0.4 is 0 Å². The van der Waals surface area contributed by atoms with Gasteiger partial charge >= 0.3 is 0 Å². The summed E-state index contributed by atoms with van der Waals surface area (Å²) in [4.78, 5) is 4.20. The quantitative estimate of drug-likeness (QED) is 0.786. The maximum absolute atomic E-state index is 9.93. The molecule has 1 N–H and O–H groups in total. The molecule has 0 radical (unpaired) electrons. The number of rotatable bonds is 1. The molecule has 1 aromatic heterocycles. The molecule has 0 bridgehead atoms. The Kier molecular flexibility index (Phi) is 1.94. The topological polar surface area (TPSA) is 38.0 Å². The first kappa shape index (κ1) is 9.36. The van der Waals surface area contributed by atoms with E-state index in [-0.39, 0.29) is 0 Å². The van der Waals surface area contributed by atoms with Gasteiger partial charge in [-0.1, -0.05) is 24.3 Å². The molecule has 2 aromatic rings. The van der Waals surface area contributed by atoms with Crippen molar-refractivity contribution < 1.29 is 5.11 Å². The van der Waals surface area contributed by atoms with Gasteiger partial charge in [0.25, 0.3) is 0 Å². The Morgan fingerprint density at radius 3 is 2.88 bits per heavy atom. The van der Waals surface area contributed by atoms with E-state index in [2.05, 4.69) is 4.98 Å². The molecule has 1 unspecified atom stereocenters. The highest BCUT2D eigenvalue weighted by Gasteiger charge is 2.22. The van der Waals surface area contributed by atoms with E-state index in [1.165, 1.54) is 0 Å². The zero-order valence-electron chi connectivity index (χ0n) is 8.96. The SMILES string of the molecule is Cc1nccn1C1=CC(O)c2ccccc21. The Morgan fingerprint density at radius 1 is 1.31 bits per heavy atom. The Bertz CT molecular complexity index is 569. The van der Waals surface area contributed by atoms with Crippen LogP contribution in [0.4, 0.5) is 0 Å². The van der Waals surface area contributed by atoms with Crippen LogP contribution in [0.3, 0.4) is 0 Å². The first-order chi connectivity index (χ1) is 7.77. The van der Waals surface area contributed by atoms with Crippen molar-refractivity contribution in [2.24, 2.45) is 0 Å². The van der Waals surface area contributed by atoms with Crippen molar-refractivity contribution in [3.63, 3.8) is 0 Å². The zero-order chi connectivity index (χ0) is 11.1. The van der Waals surface area contributed by atoms with Crippen LogP contribution in [-0.2, 0) is 0 Å². The fraction of sp³-hybridized carbons (Fsp3) is 0.154. The van der Waals surface area contributed by atoms with Crippen molar-refractivity contribution in [3.8, 4) is 0 Å². The van der Waals surface area contributed by atoms with Crippen molar-refractivity contribution in [2.75, 3.05) is 0 Å². The Labute approximate surface area is 93.7 Å². The Morgan fingerprint density at radius 2 is 2.12 bits per heavy atom. The summed E-state index contributed by atoms with van der Waals surface area (Å²) >= 11 is 0. The number of aryl methyl sites for hydroxylation is 1. The van der Waals surface area contributed by atoms with Crippen LogP contribution in [0.1, 0.15) is 23.1 Å². The molecule has 16 heavy (non-hydrogen) atoms. The van der Waals surface area contributed by atoms with Gasteiger partial charge in [0.05, 0.1) is 5.70 Å². The van der Waals surface area contributed by atoms with Crippen LogP contribution in [0.2, 0.25) is 0 Å². The molecule has 0 spiro atoms. The van der Waals surface area contributed by atoms with Gasteiger partial charge in [-0.2, -0.15) is 0 Å². The summed E-state index contributed by atoms with van der Waals surface area (Å²) in [5.41, 5.74) is 3.06. The van der Waals surface area contributed by atoms with Gasteiger partial charge in [0.15, 0.2) is 0 Å². The monoisotopic (exact) mass is 212 g/mol. The normalized spacial score (nSPS) is 18.4. The average Bonchev–Trinajstić information content (AvgIpc) is 2.84. The van der Waals surface area contributed by atoms with Crippen molar-refractivity contribution in [2.45, 2.75) is 13.0 Å². The zero-order valence-corrected chi connectivity index (χ0v) is 8.96. The molecule has 0 aliphatic heterocycles. The molecular weight excluding hydrogens is 200 g/mol. The summed E-state index contributed by atoms with van der Waals surface area (Å²) in [6.07, 6.45) is 5.03. The van der Waals surface area contributed by atoms with E-state index in [1.54, 1.807) is 6.20 Å². The molecule has 3 rings (SSSR count). The van der Waals surface area contributed by atoms with E-state index in [0.29, 0.717) is 0 Å². The molecular formula is C13H12N2O. The predicted octanol–water partition coefficient (Wildman–Crippen LogP) is 2.13. The van der Waals surface area contributed by atoms with Gasteiger partial charge in [0.1, 0.15) is 11.9 Å². The molecule has 0 saturated carbocycles. The molecule has 1 aromatic carbocycles. The molecule has 3 heteroatoms. The lowest BCUT2D eigenvalue weighted by Gasteiger charge is -2.08. The molecule has 0 saturated heterocycles. The third-order valence-electron chi connectivity index (χ3n) is 2.96. The number of imidazole rings is 1. The van der Waals surface area contributed by atoms with Crippen molar-refractivity contribution in [1.29, 1.82) is 0 Å². The molecule has 1 heterocycles. The van der Waals surface area contributed by atoms with E-state index in [0.717, 1.165) is 22.6 Å². The second kappa shape index (κ2) is 3.32. The number of aliphatic hydroxyl groups excluding tert-OH is 1. The van der Waals surface area contributed by atoms with Crippen molar-refractivity contribution in [3.05, 3.63) is 59.7 Å². The lowest BCUT2D eigenvalue weighted by atomic mass is 10.1. The highest BCUT2D eigenvalue weighted by Crippen LogP contribution is 2.35. The van der Waals surface area contributed by atoms with Crippen LogP contribution in [-0.4, -0.2) is 14.7 Å². The van der Waals surface area contributed by atoms with E-state index >= 15 is 0 Å². The molecule has 0 fully saturated rings. The molecule has 80 valence electrons. The Balaban J connectivity index is 2.19. The molecule has 3 nitrogen and oxygen atoms in total. The number of nitrogens with zero attached hydrogens (tertiary/aromatic N) is 2. The van der Waals surface area contributed by atoms with Gasteiger partial charge in [-0.3, -0.25) is 0 Å². The minimum atomic E-state index is -0.506. The van der Waals surface area contributed by atoms with E-state index in [4.69, 9.17) is 0 Å². The minimum absolute atomic E-state index is 0.506. The van der Waals surface area contributed by atoms with Crippen LogP contribution >= 0.6 is 0 Å². The number of fused-ring (bicyclic) bond motifs is 1. The van der Waals surface area contributed by atoms with Gasteiger partial charge in [-0.25, -0.2) is 4.98 Å². The van der Waals surface area contributed by atoms with Crippen LogP contribution in [0.5, 0.6) is 0 Å². The van der Waals surface area contributed by atoms with Crippen molar-refractivity contribution in [1.82, 2.24) is 9.55 Å². The highest BCUT2D eigenvalue weighted by molar-refractivity contribution is 5.74. The second-order valence-corrected chi connectivity index (χ2v) is 3.93. The molecule has 1 atom stereocenters. The van der Waals surface area contributed by atoms with Gasteiger partial charge in [-0.15, -0.1) is 0 Å². The van der Waals surface area contributed by atoms with Crippen LogP contribution in [0.15, 0.2) is 42.7 Å². The second-order valence-electron chi connectivity index (χ2n) is 3.93. The standard InChI is InChI=1S/C13H12N2O/c1-9-14-6-7-15(9)12-8-13(16)11-5-3-2-4-10(11)12/h2-8,13,16H,1H3. The molecule has 1 aliphatic carbocycles. The van der Waals surface area contributed by atoms with Gasteiger partial charge in [-0.05, 0) is 18.6 Å². The minimum Gasteiger partial charge on any atom is -0.384 e. The largest absolute Gasteiger partial charge is 0.384 e. The van der Waals surface area contributed by atoms with Gasteiger partial charge in [0, 0.05) is 18.0 Å². The number of aliphatic hydroxyl groups is 1. The summed E-state index contributed by atoms with van der Waals surface area (Å²) < 4.78 is 2.00. The predicted molar refractivity (Wildman–Crippen MR) is 61.7 cm³/mol. The average molecular weight is 212 g/mol. The number of benzene rings is 1. The number of aromatic nitrogens is 2. The van der Waals surface area contributed by atoms with Gasteiger partial charge in [0.2, 0.25) is 0 Å². The van der Waals surface area contributed by atoms with E-state index in [1.807, 2.05) is 48.0 Å². The molecule has 1 aliphatic rings. The van der Waals surface area contributed by atoms with Crippen LogP contribution in [0.25, 0.3) is 5.70 Å².